The van der Waals surface area contributed by atoms with Crippen molar-refractivity contribution in [3.8, 4) is 5.75 Å². The maximum absolute atomic E-state index is 12.4. The van der Waals surface area contributed by atoms with Gasteiger partial charge in [0.2, 0.25) is 0 Å². The van der Waals surface area contributed by atoms with Crippen LogP contribution in [0.3, 0.4) is 0 Å². The van der Waals surface area contributed by atoms with Gasteiger partial charge in [-0.1, -0.05) is 0 Å². The van der Waals surface area contributed by atoms with E-state index < -0.39 is 38.8 Å². The average molecular weight is 384 g/mol. The summed E-state index contributed by atoms with van der Waals surface area (Å²) in [4.78, 5) is 24.7. The highest BCUT2D eigenvalue weighted by Crippen LogP contribution is 2.28. The normalized spacial score (nSPS) is 12.1. The Morgan fingerprint density at radius 1 is 1.20 bits per heavy atom. The van der Waals surface area contributed by atoms with Gasteiger partial charge < -0.3 is 19.5 Å². The topological polar surface area (TPSA) is 113 Å². The number of alkyl halides is 3. The van der Waals surface area contributed by atoms with Crippen LogP contribution in [-0.4, -0.2) is 63.0 Å². The van der Waals surface area contributed by atoms with E-state index in [1.165, 1.54) is 0 Å². The van der Waals surface area contributed by atoms with Crippen molar-refractivity contribution in [1.29, 1.82) is 0 Å². The minimum Gasteiger partial charge on any atom is -0.478 e. The highest BCUT2D eigenvalue weighted by Gasteiger charge is 2.48. The molecule has 25 heavy (non-hydrogen) atoms. The first kappa shape index (κ1) is 20.7. The molecule has 0 aliphatic carbocycles. The van der Waals surface area contributed by atoms with Crippen LogP contribution in [0.4, 0.5) is 13.2 Å². The summed E-state index contributed by atoms with van der Waals surface area (Å²) >= 11 is 0. The van der Waals surface area contributed by atoms with Gasteiger partial charge in [0.05, 0.1) is 5.56 Å². The Hall–Kier alpha value is -2.34. The number of rotatable bonds is 7. The standard InChI is InChI=1S/C13H15F3N2O6S/c1-18(2)4-3-17-11(19)8-5-9(12(20)21)7-10(6-8)24-25(22,23)13(14,15)16/h5-7H,3-4H2,1-2H3,(H,17,19)(H,20,21). The predicted molar refractivity (Wildman–Crippen MR) is 79.9 cm³/mol. The lowest BCUT2D eigenvalue weighted by Crippen LogP contribution is -2.31. The number of amides is 1. The molecule has 0 aromatic heterocycles. The third kappa shape index (κ3) is 5.90. The van der Waals surface area contributed by atoms with E-state index in [1.54, 1.807) is 19.0 Å². The molecule has 0 bridgehead atoms. The predicted octanol–water partition coefficient (Wildman–Crippen LogP) is 0.905. The molecule has 0 aliphatic rings. The number of carboxylic acids is 1. The number of hydrogen-bond donors (Lipinski definition) is 2. The van der Waals surface area contributed by atoms with Crippen LogP contribution in [0.1, 0.15) is 20.7 Å². The number of benzene rings is 1. The highest BCUT2D eigenvalue weighted by molar-refractivity contribution is 7.88. The third-order valence-electron chi connectivity index (χ3n) is 2.75. The quantitative estimate of drug-likeness (QED) is 0.531. The Balaban J connectivity index is 3.14. The first-order chi connectivity index (χ1) is 11.3. The molecule has 1 aromatic carbocycles. The second-order valence-corrected chi connectivity index (χ2v) is 6.63. The van der Waals surface area contributed by atoms with Crippen LogP contribution in [0.25, 0.3) is 0 Å². The molecule has 140 valence electrons. The van der Waals surface area contributed by atoms with Gasteiger partial charge in [-0.25, -0.2) is 4.79 Å². The number of likely N-dealkylation sites (N-methyl/N-ethyl adjacent to an activating group) is 1. The molecule has 0 heterocycles. The van der Waals surface area contributed by atoms with Gasteiger partial charge in [-0.15, -0.1) is 0 Å². The summed E-state index contributed by atoms with van der Waals surface area (Å²) in [7, 11) is -2.51. The number of halogens is 3. The Labute approximate surface area is 141 Å². The van der Waals surface area contributed by atoms with Crippen LogP contribution in [-0.2, 0) is 10.1 Å². The monoisotopic (exact) mass is 384 g/mol. The van der Waals surface area contributed by atoms with Gasteiger partial charge in [-0.05, 0) is 32.3 Å². The fraction of sp³-hybridized carbons (Fsp3) is 0.385. The fourth-order valence-corrected chi connectivity index (χ4v) is 2.01. The Bertz CT molecular complexity index is 762. The van der Waals surface area contributed by atoms with Crippen LogP contribution in [0.2, 0.25) is 0 Å². The van der Waals surface area contributed by atoms with Gasteiger partial charge in [0, 0.05) is 18.7 Å². The minimum atomic E-state index is -6.00. The summed E-state index contributed by atoms with van der Waals surface area (Å²) in [6.45, 7) is 0.635. The van der Waals surface area contributed by atoms with Gasteiger partial charge in [0.15, 0.2) is 0 Å². The van der Waals surface area contributed by atoms with Crippen molar-refractivity contribution in [2.24, 2.45) is 0 Å². The van der Waals surface area contributed by atoms with E-state index in [4.69, 9.17) is 5.11 Å². The number of nitrogens with one attached hydrogen (secondary N) is 1. The number of carbonyl (C=O) groups is 2. The van der Waals surface area contributed by atoms with Crippen molar-refractivity contribution in [2.75, 3.05) is 27.2 Å². The fourth-order valence-electron chi connectivity index (χ4n) is 1.57. The average Bonchev–Trinajstić information content (AvgIpc) is 2.44. The first-order valence-electron chi connectivity index (χ1n) is 6.65. The number of hydrogen-bond acceptors (Lipinski definition) is 6. The van der Waals surface area contributed by atoms with Gasteiger partial charge in [0.1, 0.15) is 5.75 Å². The molecule has 0 fully saturated rings. The summed E-state index contributed by atoms with van der Waals surface area (Å²) in [5.74, 6) is -3.30. The second-order valence-electron chi connectivity index (χ2n) is 5.09. The SMILES string of the molecule is CN(C)CCNC(=O)c1cc(OS(=O)(=O)C(F)(F)F)cc(C(=O)O)c1. The maximum atomic E-state index is 12.4. The number of carboxylic acid groups (broad SMARTS) is 1. The molecule has 1 rings (SSSR count). The lowest BCUT2D eigenvalue weighted by Gasteiger charge is -2.13. The van der Waals surface area contributed by atoms with Crippen LogP contribution in [0.15, 0.2) is 18.2 Å². The molecular formula is C13H15F3N2O6S. The van der Waals surface area contributed by atoms with Crippen molar-refractivity contribution in [3.63, 3.8) is 0 Å². The molecule has 0 saturated heterocycles. The van der Waals surface area contributed by atoms with E-state index in [9.17, 15) is 31.2 Å². The van der Waals surface area contributed by atoms with Gasteiger partial charge >= 0.3 is 21.6 Å². The van der Waals surface area contributed by atoms with E-state index in [-0.39, 0.29) is 12.1 Å². The molecule has 8 nitrogen and oxygen atoms in total. The Kier molecular flexibility index (Phi) is 6.37. The summed E-state index contributed by atoms with van der Waals surface area (Å²) in [6.07, 6.45) is 0. The van der Waals surface area contributed by atoms with Gasteiger partial charge in [0.25, 0.3) is 5.91 Å². The molecule has 0 spiro atoms. The molecule has 0 unspecified atom stereocenters. The molecule has 1 amide bonds. The van der Waals surface area contributed by atoms with Crippen LogP contribution in [0, 0.1) is 0 Å². The van der Waals surface area contributed by atoms with E-state index in [2.05, 4.69) is 9.50 Å². The lowest BCUT2D eigenvalue weighted by atomic mass is 10.1. The maximum Gasteiger partial charge on any atom is 0.534 e. The smallest absolute Gasteiger partial charge is 0.478 e. The molecule has 1 aromatic rings. The van der Waals surface area contributed by atoms with E-state index in [0.717, 1.165) is 6.07 Å². The largest absolute Gasteiger partial charge is 0.534 e. The van der Waals surface area contributed by atoms with Crippen LogP contribution >= 0.6 is 0 Å². The number of aromatic carboxylic acids is 1. The molecule has 0 atom stereocenters. The van der Waals surface area contributed by atoms with Crippen molar-refractivity contribution < 1.29 is 40.5 Å². The zero-order chi connectivity index (χ0) is 19.4. The number of nitrogens with zero attached hydrogens (tertiary/aromatic N) is 1. The molecule has 12 heteroatoms. The Morgan fingerprint density at radius 3 is 2.24 bits per heavy atom. The molecule has 0 aliphatic heterocycles. The summed E-state index contributed by atoms with van der Waals surface area (Å²) in [5, 5.41) is 11.4. The van der Waals surface area contributed by atoms with Crippen molar-refractivity contribution in [1.82, 2.24) is 10.2 Å². The minimum absolute atomic E-state index is 0.181. The first-order valence-corrected chi connectivity index (χ1v) is 8.06. The molecule has 0 radical (unpaired) electrons. The highest BCUT2D eigenvalue weighted by atomic mass is 32.2. The Morgan fingerprint density at radius 2 is 1.76 bits per heavy atom. The summed E-state index contributed by atoms with van der Waals surface area (Å²) in [6, 6.07) is 2.17. The van der Waals surface area contributed by atoms with E-state index in [0.29, 0.717) is 18.7 Å². The van der Waals surface area contributed by atoms with Crippen LogP contribution in [0.5, 0.6) is 5.75 Å². The lowest BCUT2D eigenvalue weighted by molar-refractivity contribution is -0.0500. The van der Waals surface area contributed by atoms with Crippen molar-refractivity contribution in [3.05, 3.63) is 29.3 Å². The molecule has 2 N–H and O–H groups in total. The van der Waals surface area contributed by atoms with Crippen LogP contribution < -0.4 is 9.50 Å². The van der Waals surface area contributed by atoms with Gasteiger partial charge in [-0.3, -0.25) is 4.79 Å². The van der Waals surface area contributed by atoms with Crippen molar-refractivity contribution in [2.45, 2.75) is 5.51 Å². The third-order valence-corrected chi connectivity index (χ3v) is 3.73. The summed E-state index contributed by atoms with van der Waals surface area (Å²) in [5.41, 5.74) is -6.65. The second kappa shape index (κ2) is 7.70. The number of carbonyl (C=O) groups excluding carboxylic acids is 1. The van der Waals surface area contributed by atoms with E-state index in [1.807, 2.05) is 0 Å². The molecule has 0 saturated carbocycles. The zero-order valence-corrected chi connectivity index (χ0v) is 13.9. The summed E-state index contributed by atoms with van der Waals surface area (Å²) < 4.78 is 63.0. The van der Waals surface area contributed by atoms with Gasteiger partial charge in [-0.2, -0.15) is 21.6 Å². The van der Waals surface area contributed by atoms with E-state index >= 15 is 0 Å². The van der Waals surface area contributed by atoms with Crippen molar-refractivity contribution >= 4 is 22.0 Å². The zero-order valence-electron chi connectivity index (χ0n) is 13.1. The molecular weight excluding hydrogens is 369 g/mol.